The van der Waals surface area contributed by atoms with Crippen LogP contribution in [0.1, 0.15) is 42.9 Å². The van der Waals surface area contributed by atoms with Crippen LogP contribution in [0.15, 0.2) is 0 Å². The zero-order valence-electron chi connectivity index (χ0n) is 9.94. The predicted octanol–water partition coefficient (Wildman–Crippen LogP) is 2.75. The quantitative estimate of drug-likeness (QED) is 0.901. The van der Waals surface area contributed by atoms with Crippen LogP contribution in [0.4, 0.5) is 0 Å². The SMILES string of the molecule is CC1CC(C)CC(NC(=O)c2nnc(Cl)s2)C1. The molecule has 0 aliphatic heterocycles. The highest BCUT2D eigenvalue weighted by Crippen LogP contribution is 2.28. The summed E-state index contributed by atoms with van der Waals surface area (Å²) in [6.07, 6.45) is 3.34. The van der Waals surface area contributed by atoms with Crippen molar-refractivity contribution in [3.05, 3.63) is 9.47 Å². The zero-order valence-corrected chi connectivity index (χ0v) is 11.5. The maximum Gasteiger partial charge on any atom is 0.282 e. The summed E-state index contributed by atoms with van der Waals surface area (Å²) >= 11 is 6.78. The summed E-state index contributed by atoms with van der Waals surface area (Å²) in [4.78, 5) is 11.9. The van der Waals surface area contributed by atoms with Crippen LogP contribution in [0.5, 0.6) is 0 Å². The fourth-order valence-electron chi connectivity index (χ4n) is 2.61. The fourth-order valence-corrected chi connectivity index (χ4v) is 3.34. The topological polar surface area (TPSA) is 54.9 Å². The molecule has 1 aromatic rings. The van der Waals surface area contributed by atoms with Gasteiger partial charge in [0.25, 0.3) is 5.91 Å². The highest BCUT2D eigenvalue weighted by atomic mass is 35.5. The fraction of sp³-hybridized carbons (Fsp3) is 0.727. The van der Waals surface area contributed by atoms with Gasteiger partial charge < -0.3 is 5.32 Å². The van der Waals surface area contributed by atoms with Gasteiger partial charge in [-0.1, -0.05) is 25.2 Å². The molecule has 1 fully saturated rings. The van der Waals surface area contributed by atoms with E-state index in [1.807, 2.05) is 0 Å². The average molecular weight is 274 g/mol. The van der Waals surface area contributed by atoms with Crippen LogP contribution in [-0.2, 0) is 0 Å². The maximum absolute atomic E-state index is 11.9. The Morgan fingerprint density at radius 1 is 1.29 bits per heavy atom. The number of halogens is 1. The van der Waals surface area contributed by atoms with E-state index in [4.69, 9.17) is 11.6 Å². The lowest BCUT2D eigenvalue weighted by Crippen LogP contribution is -2.40. The number of carbonyl (C=O) groups is 1. The molecule has 1 aliphatic rings. The normalized spacial score (nSPS) is 29.0. The molecule has 6 heteroatoms. The first kappa shape index (κ1) is 12.8. The molecule has 1 aromatic heterocycles. The second kappa shape index (κ2) is 5.31. The molecule has 2 unspecified atom stereocenters. The minimum Gasteiger partial charge on any atom is -0.347 e. The van der Waals surface area contributed by atoms with Crippen molar-refractivity contribution in [1.29, 1.82) is 0 Å². The molecule has 17 heavy (non-hydrogen) atoms. The number of nitrogens with zero attached hydrogens (tertiary/aromatic N) is 2. The third kappa shape index (κ3) is 3.39. The molecule has 0 aromatic carbocycles. The van der Waals surface area contributed by atoms with Crippen LogP contribution in [0.2, 0.25) is 4.47 Å². The standard InChI is InChI=1S/C11H16ClN3OS/c1-6-3-7(2)5-8(4-6)13-9(16)10-14-15-11(12)17-10/h6-8H,3-5H2,1-2H3,(H,13,16). The lowest BCUT2D eigenvalue weighted by atomic mass is 9.80. The smallest absolute Gasteiger partial charge is 0.282 e. The minimum atomic E-state index is -0.152. The number of hydrogen-bond donors (Lipinski definition) is 1. The largest absolute Gasteiger partial charge is 0.347 e. The van der Waals surface area contributed by atoms with E-state index in [9.17, 15) is 4.79 Å². The van der Waals surface area contributed by atoms with Gasteiger partial charge in [0.15, 0.2) is 0 Å². The first-order chi connectivity index (χ1) is 8.04. The van der Waals surface area contributed by atoms with Gasteiger partial charge in [-0.25, -0.2) is 0 Å². The van der Waals surface area contributed by atoms with Crippen molar-refractivity contribution in [3.8, 4) is 0 Å². The van der Waals surface area contributed by atoms with Crippen molar-refractivity contribution < 1.29 is 4.79 Å². The molecule has 1 N–H and O–H groups in total. The Morgan fingerprint density at radius 3 is 2.47 bits per heavy atom. The van der Waals surface area contributed by atoms with Crippen LogP contribution in [0.3, 0.4) is 0 Å². The summed E-state index contributed by atoms with van der Waals surface area (Å²) in [6, 6.07) is 0.254. The van der Waals surface area contributed by atoms with Gasteiger partial charge in [-0.05, 0) is 42.7 Å². The Bertz CT molecular complexity index is 399. The van der Waals surface area contributed by atoms with Gasteiger partial charge in [-0.2, -0.15) is 0 Å². The Labute approximate surface area is 110 Å². The molecular weight excluding hydrogens is 258 g/mol. The third-order valence-corrected chi connectivity index (χ3v) is 4.13. The summed E-state index contributed by atoms with van der Waals surface area (Å²) in [7, 11) is 0. The summed E-state index contributed by atoms with van der Waals surface area (Å²) in [5, 5.41) is 10.7. The number of hydrogen-bond acceptors (Lipinski definition) is 4. The molecular formula is C11H16ClN3OS. The summed E-state index contributed by atoms with van der Waals surface area (Å²) in [5.74, 6) is 1.19. The predicted molar refractivity (Wildman–Crippen MR) is 68.4 cm³/mol. The minimum absolute atomic E-state index is 0.152. The molecule has 1 aliphatic carbocycles. The molecule has 0 saturated heterocycles. The number of aromatic nitrogens is 2. The van der Waals surface area contributed by atoms with Crippen molar-refractivity contribution in [3.63, 3.8) is 0 Å². The van der Waals surface area contributed by atoms with E-state index in [0.29, 0.717) is 21.3 Å². The van der Waals surface area contributed by atoms with Gasteiger partial charge in [0.2, 0.25) is 9.47 Å². The van der Waals surface area contributed by atoms with Crippen molar-refractivity contribution in [2.45, 2.75) is 39.2 Å². The molecule has 0 spiro atoms. The number of amides is 1. The highest BCUT2D eigenvalue weighted by Gasteiger charge is 2.26. The highest BCUT2D eigenvalue weighted by molar-refractivity contribution is 7.17. The van der Waals surface area contributed by atoms with Crippen molar-refractivity contribution in [2.75, 3.05) is 0 Å². The van der Waals surface area contributed by atoms with E-state index in [2.05, 4.69) is 29.4 Å². The van der Waals surface area contributed by atoms with E-state index in [-0.39, 0.29) is 11.9 Å². The molecule has 0 radical (unpaired) electrons. The molecule has 2 rings (SSSR count). The van der Waals surface area contributed by atoms with Gasteiger partial charge in [0.05, 0.1) is 0 Å². The molecule has 1 saturated carbocycles. The van der Waals surface area contributed by atoms with Crippen molar-refractivity contribution >= 4 is 28.8 Å². The van der Waals surface area contributed by atoms with E-state index >= 15 is 0 Å². The van der Waals surface area contributed by atoms with E-state index in [0.717, 1.165) is 24.2 Å². The van der Waals surface area contributed by atoms with Crippen LogP contribution >= 0.6 is 22.9 Å². The number of nitrogens with one attached hydrogen (secondary N) is 1. The first-order valence-corrected chi connectivity index (χ1v) is 7.04. The van der Waals surface area contributed by atoms with Crippen molar-refractivity contribution in [2.24, 2.45) is 11.8 Å². The average Bonchev–Trinajstić information content (AvgIpc) is 2.63. The number of rotatable bonds is 2. The second-order valence-corrected chi connectivity index (χ2v) is 6.51. The monoisotopic (exact) mass is 273 g/mol. The van der Waals surface area contributed by atoms with Crippen molar-refractivity contribution in [1.82, 2.24) is 15.5 Å². The van der Waals surface area contributed by atoms with E-state index < -0.39 is 0 Å². The molecule has 0 bridgehead atoms. The molecule has 1 heterocycles. The molecule has 2 atom stereocenters. The van der Waals surface area contributed by atoms with Gasteiger partial charge in [0, 0.05) is 6.04 Å². The lowest BCUT2D eigenvalue weighted by molar-refractivity contribution is 0.0910. The molecule has 1 amide bonds. The van der Waals surface area contributed by atoms with Gasteiger partial charge in [-0.15, -0.1) is 10.2 Å². The molecule has 4 nitrogen and oxygen atoms in total. The number of carbonyl (C=O) groups excluding carboxylic acids is 1. The molecule has 94 valence electrons. The lowest BCUT2D eigenvalue weighted by Gasteiger charge is -2.31. The van der Waals surface area contributed by atoms with Gasteiger partial charge in [-0.3, -0.25) is 4.79 Å². The van der Waals surface area contributed by atoms with Gasteiger partial charge in [0.1, 0.15) is 0 Å². The Morgan fingerprint density at radius 2 is 1.94 bits per heavy atom. The summed E-state index contributed by atoms with van der Waals surface area (Å²) < 4.78 is 0.306. The van der Waals surface area contributed by atoms with E-state index in [1.54, 1.807) is 0 Å². The Kier molecular flexibility index (Phi) is 3.99. The van der Waals surface area contributed by atoms with E-state index in [1.165, 1.54) is 6.42 Å². The summed E-state index contributed by atoms with van der Waals surface area (Å²) in [5.41, 5.74) is 0. The maximum atomic E-state index is 11.9. The van der Waals surface area contributed by atoms with Crippen LogP contribution in [0, 0.1) is 11.8 Å². The van der Waals surface area contributed by atoms with Crippen LogP contribution in [-0.4, -0.2) is 22.1 Å². The zero-order chi connectivity index (χ0) is 12.4. The summed E-state index contributed by atoms with van der Waals surface area (Å²) in [6.45, 7) is 4.47. The Balaban J connectivity index is 1.94. The second-order valence-electron chi connectivity index (χ2n) is 4.95. The van der Waals surface area contributed by atoms with Crippen LogP contribution in [0.25, 0.3) is 0 Å². The third-order valence-electron chi connectivity index (χ3n) is 3.11. The first-order valence-electron chi connectivity index (χ1n) is 5.84. The Hall–Kier alpha value is -0.680. The van der Waals surface area contributed by atoms with Crippen LogP contribution < -0.4 is 5.32 Å². The van der Waals surface area contributed by atoms with Gasteiger partial charge >= 0.3 is 0 Å².